The SMILES string of the molecule is C=C.C=C(/C=C\C)COc1c(F)cccc1Cl. The molecule has 92 valence electrons. The molecule has 0 saturated heterocycles. The monoisotopic (exact) mass is 254 g/mol. The first-order chi connectivity index (χ1) is 8.15. The maximum absolute atomic E-state index is 13.2. The molecule has 0 bridgehead atoms. The molecule has 3 heteroatoms. The van der Waals surface area contributed by atoms with Gasteiger partial charge in [-0.15, -0.1) is 13.2 Å². The summed E-state index contributed by atoms with van der Waals surface area (Å²) in [6.07, 6.45) is 3.64. The standard InChI is InChI=1S/C12H12ClFO.C2H4/c1-3-5-9(2)8-15-12-10(13)6-4-7-11(12)14;1-2/h3-7H,2,8H2,1H3;1-2H2/b5-3-;. The predicted octanol–water partition coefficient (Wildman–Crippen LogP) is 4.79. The summed E-state index contributed by atoms with van der Waals surface area (Å²) in [4.78, 5) is 0. The van der Waals surface area contributed by atoms with Crippen molar-refractivity contribution in [2.45, 2.75) is 6.92 Å². The molecule has 0 aliphatic carbocycles. The molecule has 0 saturated carbocycles. The highest BCUT2D eigenvalue weighted by Crippen LogP contribution is 2.27. The summed E-state index contributed by atoms with van der Waals surface area (Å²) in [6, 6.07) is 4.42. The number of hydrogen-bond acceptors (Lipinski definition) is 1. The molecule has 0 aliphatic heterocycles. The van der Waals surface area contributed by atoms with Crippen LogP contribution < -0.4 is 4.74 Å². The molecule has 1 aromatic rings. The molecule has 0 amide bonds. The number of hydrogen-bond donors (Lipinski definition) is 0. The number of allylic oxidation sites excluding steroid dienone is 1. The lowest BCUT2D eigenvalue weighted by molar-refractivity contribution is 0.336. The van der Waals surface area contributed by atoms with Gasteiger partial charge >= 0.3 is 0 Å². The number of rotatable bonds is 4. The van der Waals surface area contributed by atoms with E-state index in [4.69, 9.17) is 16.3 Å². The first-order valence-corrected chi connectivity index (χ1v) is 5.40. The van der Waals surface area contributed by atoms with Crippen molar-refractivity contribution in [2.75, 3.05) is 6.61 Å². The van der Waals surface area contributed by atoms with E-state index in [9.17, 15) is 4.39 Å². The molecule has 0 atom stereocenters. The van der Waals surface area contributed by atoms with Gasteiger partial charge in [-0.25, -0.2) is 4.39 Å². The maximum Gasteiger partial charge on any atom is 0.174 e. The Bertz CT molecular complexity index is 379. The molecule has 0 aromatic heterocycles. The minimum absolute atomic E-state index is 0.0739. The summed E-state index contributed by atoms with van der Waals surface area (Å²) in [6.45, 7) is 11.8. The van der Waals surface area contributed by atoms with Crippen LogP contribution in [0.2, 0.25) is 5.02 Å². The number of para-hydroxylation sites is 1. The van der Waals surface area contributed by atoms with Crippen molar-refractivity contribution in [1.29, 1.82) is 0 Å². The van der Waals surface area contributed by atoms with Gasteiger partial charge in [-0.1, -0.05) is 36.4 Å². The second-order valence-corrected chi connectivity index (χ2v) is 3.40. The maximum atomic E-state index is 13.2. The number of ether oxygens (including phenoxy) is 1. The van der Waals surface area contributed by atoms with Crippen LogP contribution in [0.25, 0.3) is 0 Å². The average molecular weight is 255 g/mol. The summed E-state index contributed by atoms with van der Waals surface area (Å²) < 4.78 is 18.5. The van der Waals surface area contributed by atoms with Crippen molar-refractivity contribution in [3.05, 3.63) is 66.5 Å². The van der Waals surface area contributed by atoms with E-state index < -0.39 is 5.82 Å². The van der Waals surface area contributed by atoms with Crippen LogP contribution in [-0.2, 0) is 0 Å². The Morgan fingerprint density at radius 2 is 2.12 bits per heavy atom. The van der Waals surface area contributed by atoms with Gasteiger partial charge in [0.15, 0.2) is 11.6 Å². The van der Waals surface area contributed by atoms with Gasteiger partial charge in [-0.2, -0.15) is 0 Å². The summed E-state index contributed by atoms with van der Waals surface area (Å²) in [7, 11) is 0. The van der Waals surface area contributed by atoms with Gasteiger partial charge in [0.2, 0.25) is 0 Å². The lowest BCUT2D eigenvalue weighted by Gasteiger charge is -2.08. The molecule has 1 rings (SSSR count). The van der Waals surface area contributed by atoms with Crippen LogP contribution in [0.5, 0.6) is 5.75 Å². The molecule has 0 unspecified atom stereocenters. The van der Waals surface area contributed by atoms with Gasteiger partial charge in [0, 0.05) is 0 Å². The molecule has 0 spiro atoms. The Morgan fingerprint density at radius 1 is 1.47 bits per heavy atom. The lowest BCUT2D eigenvalue weighted by Crippen LogP contribution is -2.00. The van der Waals surface area contributed by atoms with E-state index in [2.05, 4.69) is 19.7 Å². The van der Waals surface area contributed by atoms with E-state index in [-0.39, 0.29) is 17.4 Å². The molecule has 0 fully saturated rings. The van der Waals surface area contributed by atoms with Gasteiger partial charge in [0.05, 0.1) is 5.02 Å². The van der Waals surface area contributed by atoms with E-state index in [1.54, 1.807) is 12.1 Å². The average Bonchev–Trinajstić information content (AvgIpc) is 2.31. The fourth-order valence-electron chi connectivity index (χ4n) is 1.07. The van der Waals surface area contributed by atoms with E-state index in [1.165, 1.54) is 12.1 Å². The Labute approximate surface area is 107 Å². The van der Waals surface area contributed by atoms with Crippen LogP contribution >= 0.6 is 11.6 Å². The summed E-state index contributed by atoms with van der Waals surface area (Å²) in [5.74, 6) is -0.388. The molecular weight excluding hydrogens is 239 g/mol. The smallest absolute Gasteiger partial charge is 0.174 e. The first-order valence-electron chi connectivity index (χ1n) is 5.02. The number of benzene rings is 1. The first kappa shape index (κ1) is 15.5. The second kappa shape index (κ2) is 8.59. The normalized spacial score (nSPS) is 9.59. The van der Waals surface area contributed by atoms with E-state index in [0.717, 1.165) is 5.57 Å². The van der Waals surface area contributed by atoms with Crippen LogP contribution in [0.1, 0.15) is 6.92 Å². The third-order valence-corrected chi connectivity index (χ3v) is 2.02. The Morgan fingerprint density at radius 3 is 2.65 bits per heavy atom. The van der Waals surface area contributed by atoms with Crippen molar-refractivity contribution in [3.8, 4) is 5.75 Å². The van der Waals surface area contributed by atoms with Crippen LogP contribution in [0.3, 0.4) is 0 Å². The molecule has 0 aliphatic rings. The molecule has 1 nitrogen and oxygen atoms in total. The van der Waals surface area contributed by atoms with Crippen molar-refractivity contribution >= 4 is 11.6 Å². The highest BCUT2D eigenvalue weighted by atomic mass is 35.5. The zero-order valence-corrected chi connectivity index (χ0v) is 10.6. The van der Waals surface area contributed by atoms with Gasteiger partial charge in [-0.05, 0) is 24.6 Å². The summed E-state index contributed by atoms with van der Waals surface area (Å²) in [5, 5.41) is 0.267. The van der Waals surface area contributed by atoms with Crippen LogP contribution in [0.15, 0.2) is 55.7 Å². The predicted molar refractivity (Wildman–Crippen MR) is 72.1 cm³/mol. The largest absolute Gasteiger partial charge is 0.484 e. The topological polar surface area (TPSA) is 9.23 Å². The molecular formula is C14H16ClFO. The van der Waals surface area contributed by atoms with Crippen molar-refractivity contribution in [3.63, 3.8) is 0 Å². The Kier molecular flexibility index (Phi) is 7.82. The van der Waals surface area contributed by atoms with Crippen LogP contribution in [-0.4, -0.2) is 6.61 Å². The quantitative estimate of drug-likeness (QED) is 0.554. The number of halogens is 2. The molecule has 0 N–H and O–H groups in total. The lowest BCUT2D eigenvalue weighted by atomic mass is 10.3. The van der Waals surface area contributed by atoms with Crippen LogP contribution in [0, 0.1) is 5.82 Å². The highest BCUT2D eigenvalue weighted by Gasteiger charge is 2.07. The summed E-state index contributed by atoms with van der Waals surface area (Å²) >= 11 is 5.78. The van der Waals surface area contributed by atoms with Crippen molar-refractivity contribution in [2.24, 2.45) is 0 Å². The fourth-order valence-corrected chi connectivity index (χ4v) is 1.29. The van der Waals surface area contributed by atoms with Crippen molar-refractivity contribution in [1.82, 2.24) is 0 Å². The molecule has 1 aromatic carbocycles. The molecule has 0 radical (unpaired) electrons. The minimum Gasteiger partial charge on any atom is -0.484 e. The minimum atomic E-state index is -0.462. The molecule has 17 heavy (non-hydrogen) atoms. The van der Waals surface area contributed by atoms with E-state index >= 15 is 0 Å². The third kappa shape index (κ3) is 5.36. The van der Waals surface area contributed by atoms with Gasteiger partial charge < -0.3 is 4.74 Å². The van der Waals surface area contributed by atoms with Gasteiger partial charge in [-0.3, -0.25) is 0 Å². The van der Waals surface area contributed by atoms with Crippen molar-refractivity contribution < 1.29 is 9.13 Å². The Balaban J connectivity index is 0.00000121. The van der Waals surface area contributed by atoms with Gasteiger partial charge in [0.1, 0.15) is 6.61 Å². The summed E-state index contributed by atoms with van der Waals surface area (Å²) in [5.41, 5.74) is 0.761. The van der Waals surface area contributed by atoms with Crippen LogP contribution in [0.4, 0.5) is 4.39 Å². The fraction of sp³-hybridized carbons (Fsp3) is 0.143. The second-order valence-electron chi connectivity index (χ2n) is 3.00. The molecule has 0 heterocycles. The van der Waals surface area contributed by atoms with E-state index in [1.807, 2.05) is 13.0 Å². The zero-order valence-electron chi connectivity index (χ0n) is 9.88. The zero-order chi connectivity index (χ0) is 13.3. The Hall–Kier alpha value is -1.54. The third-order valence-electron chi connectivity index (χ3n) is 1.72. The highest BCUT2D eigenvalue weighted by molar-refractivity contribution is 6.32. The van der Waals surface area contributed by atoms with E-state index in [0.29, 0.717) is 0 Å². The van der Waals surface area contributed by atoms with Gasteiger partial charge in [0.25, 0.3) is 0 Å².